The Hall–Kier alpha value is -3.09. The summed E-state index contributed by atoms with van der Waals surface area (Å²) >= 11 is 1.22. The normalized spacial score (nSPS) is 17.1. The highest BCUT2D eigenvalue weighted by atomic mass is 32.2. The Morgan fingerprint density at radius 1 is 1.15 bits per heavy atom. The van der Waals surface area contributed by atoms with E-state index < -0.39 is 28.9 Å². The number of thioether (sulfide) groups is 1. The van der Waals surface area contributed by atoms with E-state index in [1.165, 1.54) is 17.8 Å². The summed E-state index contributed by atoms with van der Waals surface area (Å²) in [5, 5.41) is 0.248. The number of nitrogens with one attached hydrogen (secondary N) is 1. The molecule has 1 aromatic carbocycles. The van der Waals surface area contributed by atoms with Gasteiger partial charge in [0.2, 0.25) is 5.43 Å². The van der Waals surface area contributed by atoms with Crippen molar-refractivity contribution in [2.24, 2.45) is 0 Å². The van der Waals surface area contributed by atoms with Gasteiger partial charge >= 0.3 is 12.1 Å². The van der Waals surface area contributed by atoms with E-state index in [1.54, 1.807) is 15.7 Å². The highest BCUT2D eigenvalue weighted by molar-refractivity contribution is 7.98. The van der Waals surface area contributed by atoms with Crippen LogP contribution in [0.1, 0.15) is 18.9 Å². The van der Waals surface area contributed by atoms with Gasteiger partial charge in [0.1, 0.15) is 11.2 Å². The van der Waals surface area contributed by atoms with E-state index in [4.69, 9.17) is 0 Å². The average molecular weight is 497 g/mol. The number of pyridine rings is 1. The number of hydrogen-bond donors (Lipinski definition) is 1. The molecule has 2 aliphatic rings. The maximum absolute atomic E-state index is 15.1. The van der Waals surface area contributed by atoms with Crippen molar-refractivity contribution in [1.29, 1.82) is 0 Å². The minimum absolute atomic E-state index is 0.0000294. The second kappa shape index (κ2) is 8.00. The lowest BCUT2D eigenvalue weighted by molar-refractivity contribution is -0.185. The lowest BCUT2D eigenvalue weighted by atomic mass is 10.1. The third kappa shape index (κ3) is 3.71. The fourth-order valence-corrected chi connectivity index (χ4v) is 4.74. The molecule has 3 heterocycles. The van der Waals surface area contributed by atoms with E-state index in [0.29, 0.717) is 15.6 Å². The van der Waals surface area contributed by atoms with Crippen molar-refractivity contribution >= 4 is 45.3 Å². The molecule has 34 heavy (non-hydrogen) atoms. The molecule has 1 saturated heterocycles. The molecule has 1 N–H and O–H groups in total. The third-order valence-electron chi connectivity index (χ3n) is 6.16. The zero-order valence-corrected chi connectivity index (χ0v) is 18.7. The number of halogens is 4. The molecule has 3 aromatic rings. The van der Waals surface area contributed by atoms with Gasteiger partial charge in [-0.1, -0.05) is 11.8 Å². The number of aromatic nitrogens is 3. The summed E-state index contributed by atoms with van der Waals surface area (Å²) in [5.41, 5.74) is -0.462. The Kier molecular flexibility index (Phi) is 5.34. The number of alkyl halides is 3. The number of H-pyrrole nitrogens is 1. The quantitative estimate of drug-likeness (QED) is 0.259. The molecule has 1 amide bonds. The molecule has 1 aliphatic carbocycles. The number of hydrogen-bond acceptors (Lipinski definition) is 6. The van der Waals surface area contributed by atoms with Crippen molar-refractivity contribution in [3.63, 3.8) is 0 Å². The maximum Gasteiger partial charge on any atom is 0.471 e. The third-order valence-corrected chi connectivity index (χ3v) is 6.74. The zero-order chi connectivity index (χ0) is 24.4. The molecule has 13 heteroatoms. The van der Waals surface area contributed by atoms with Gasteiger partial charge < -0.3 is 19.4 Å². The molecule has 0 atom stereocenters. The molecule has 8 nitrogen and oxygen atoms in total. The van der Waals surface area contributed by atoms with Crippen molar-refractivity contribution in [3.8, 4) is 0 Å². The molecule has 180 valence electrons. The summed E-state index contributed by atoms with van der Waals surface area (Å²) in [4.78, 5) is 46.6. The fraction of sp³-hybridized carbons (Fsp3) is 0.429. The summed E-state index contributed by atoms with van der Waals surface area (Å²) in [5.74, 6) is -2.65. The van der Waals surface area contributed by atoms with E-state index in [1.807, 2.05) is 0 Å². The average Bonchev–Trinajstić information content (AvgIpc) is 3.63. The van der Waals surface area contributed by atoms with Crippen LogP contribution in [0.2, 0.25) is 0 Å². The van der Waals surface area contributed by atoms with Gasteiger partial charge in [0.15, 0.2) is 10.8 Å². The lowest BCUT2D eigenvalue weighted by Gasteiger charge is -2.36. The van der Waals surface area contributed by atoms with Gasteiger partial charge in [0, 0.05) is 37.6 Å². The van der Waals surface area contributed by atoms with Gasteiger partial charge in [-0.05, 0) is 31.2 Å². The monoisotopic (exact) mass is 497 g/mol. The predicted molar refractivity (Wildman–Crippen MR) is 119 cm³/mol. The Balaban J connectivity index is 1.62. The lowest BCUT2D eigenvalue weighted by Crippen LogP contribution is -2.52. The standard InChI is InChI=1S/C21H19F4N5O3S/c1-34-20-26-17-15(18(32)27-20)16(31)11-8-12(22)14(9-13(11)30(17)10-2-3-10)28-4-6-29(7-5-28)19(33)21(23,24)25/h8-10H,2-7H2,1H3,(H,26,27,32). The number of anilines is 1. The number of nitrogens with zero attached hydrogens (tertiary/aromatic N) is 4. The summed E-state index contributed by atoms with van der Waals surface area (Å²) < 4.78 is 55.1. The number of benzene rings is 1. The number of carbonyl (C=O) groups excluding carboxylic acids is 1. The molecule has 2 aromatic heterocycles. The topological polar surface area (TPSA) is 91.3 Å². The van der Waals surface area contributed by atoms with Crippen LogP contribution < -0.4 is 15.9 Å². The SMILES string of the molecule is CSc1nc2c(c(=O)[nH]1)c(=O)c1cc(F)c(N3CCN(C(=O)C(F)(F)F)CC3)cc1n2C1CC1. The van der Waals surface area contributed by atoms with Crippen LogP contribution in [0.15, 0.2) is 26.9 Å². The zero-order valence-electron chi connectivity index (χ0n) is 17.9. The van der Waals surface area contributed by atoms with Crippen LogP contribution in [0.5, 0.6) is 0 Å². The minimum atomic E-state index is -4.96. The van der Waals surface area contributed by atoms with Crippen molar-refractivity contribution in [2.75, 3.05) is 37.3 Å². The summed E-state index contributed by atoms with van der Waals surface area (Å²) in [7, 11) is 0. The van der Waals surface area contributed by atoms with E-state index in [-0.39, 0.29) is 54.3 Å². The van der Waals surface area contributed by atoms with E-state index in [0.717, 1.165) is 18.9 Å². The first kappa shape index (κ1) is 22.7. The molecule has 0 bridgehead atoms. The molecule has 2 fully saturated rings. The number of carbonyl (C=O) groups is 1. The number of fused-ring (bicyclic) bond motifs is 2. The smallest absolute Gasteiger partial charge is 0.366 e. The number of aromatic amines is 1. The van der Waals surface area contributed by atoms with Crippen molar-refractivity contribution in [3.05, 3.63) is 38.5 Å². The molecule has 0 radical (unpaired) electrons. The maximum atomic E-state index is 15.1. The van der Waals surface area contributed by atoms with Crippen LogP contribution in [-0.4, -0.2) is 64.0 Å². The van der Waals surface area contributed by atoms with Gasteiger partial charge in [0.25, 0.3) is 5.56 Å². The van der Waals surface area contributed by atoms with Gasteiger partial charge in [0.05, 0.1) is 11.2 Å². The van der Waals surface area contributed by atoms with Gasteiger partial charge in [-0.3, -0.25) is 14.4 Å². The number of piperazine rings is 1. The Labute approximate surface area is 193 Å². The first-order chi connectivity index (χ1) is 16.1. The Morgan fingerprint density at radius 3 is 2.41 bits per heavy atom. The van der Waals surface area contributed by atoms with Crippen LogP contribution in [0, 0.1) is 5.82 Å². The first-order valence-electron chi connectivity index (χ1n) is 10.6. The second-order valence-corrected chi connectivity index (χ2v) is 9.10. The van der Waals surface area contributed by atoms with E-state index >= 15 is 4.39 Å². The Bertz CT molecular complexity index is 1440. The molecular formula is C21H19F4N5O3S. The van der Waals surface area contributed by atoms with Gasteiger partial charge in [-0.2, -0.15) is 13.2 Å². The van der Waals surface area contributed by atoms with E-state index in [2.05, 4.69) is 9.97 Å². The predicted octanol–water partition coefficient (Wildman–Crippen LogP) is 2.64. The summed E-state index contributed by atoms with van der Waals surface area (Å²) in [6, 6.07) is 2.56. The summed E-state index contributed by atoms with van der Waals surface area (Å²) in [6.45, 7) is -0.423. The molecule has 0 spiro atoms. The number of amides is 1. The molecule has 5 rings (SSSR count). The van der Waals surface area contributed by atoms with Gasteiger partial charge in [-0.15, -0.1) is 0 Å². The Morgan fingerprint density at radius 2 is 1.82 bits per heavy atom. The van der Waals surface area contributed by atoms with Gasteiger partial charge in [-0.25, -0.2) is 9.37 Å². The molecule has 1 aliphatic heterocycles. The molecule has 0 unspecified atom stereocenters. The van der Waals surface area contributed by atoms with Crippen LogP contribution >= 0.6 is 11.8 Å². The highest BCUT2D eigenvalue weighted by Crippen LogP contribution is 2.40. The first-order valence-corrected chi connectivity index (χ1v) is 11.8. The number of rotatable bonds is 3. The van der Waals surface area contributed by atoms with Crippen LogP contribution in [0.25, 0.3) is 21.9 Å². The van der Waals surface area contributed by atoms with E-state index in [9.17, 15) is 27.6 Å². The highest BCUT2D eigenvalue weighted by Gasteiger charge is 2.43. The van der Waals surface area contributed by atoms with Crippen LogP contribution in [0.4, 0.5) is 23.2 Å². The van der Waals surface area contributed by atoms with Crippen molar-refractivity contribution < 1.29 is 22.4 Å². The van der Waals surface area contributed by atoms with Crippen LogP contribution in [0.3, 0.4) is 0 Å². The van der Waals surface area contributed by atoms with Crippen molar-refractivity contribution in [1.82, 2.24) is 19.4 Å². The van der Waals surface area contributed by atoms with Crippen LogP contribution in [-0.2, 0) is 4.79 Å². The fourth-order valence-electron chi connectivity index (χ4n) is 4.37. The minimum Gasteiger partial charge on any atom is -0.366 e. The van der Waals surface area contributed by atoms with Crippen molar-refractivity contribution in [2.45, 2.75) is 30.2 Å². The summed E-state index contributed by atoms with van der Waals surface area (Å²) in [6.07, 6.45) is -1.61. The molecular weight excluding hydrogens is 478 g/mol. The molecule has 1 saturated carbocycles. The second-order valence-electron chi connectivity index (χ2n) is 8.30. The largest absolute Gasteiger partial charge is 0.471 e.